The summed E-state index contributed by atoms with van der Waals surface area (Å²) in [6.45, 7) is 0.847. The highest BCUT2D eigenvalue weighted by molar-refractivity contribution is 8.27. The highest BCUT2D eigenvalue weighted by atomic mass is 32.2. The van der Waals surface area contributed by atoms with Crippen LogP contribution >= 0.6 is 24.0 Å². The molecule has 1 heterocycles. The molecule has 7 heteroatoms. The molecule has 0 unspecified atom stereocenters. The molecule has 1 fully saturated rings. The van der Waals surface area contributed by atoms with E-state index in [1.807, 2.05) is 78.9 Å². The third-order valence-corrected chi connectivity index (χ3v) is 5.94. The van der Waals surface area contributed by atoms with E-state index >= 15 is 0 Å². The van der Waals surface area contributed by atoms with Crippen molar-refractivity contribution in [2.24, 2.45) is 0 Å². The molecule has 1 aliphatic heterocycles. The van der Waals surface area contributed by atoms with Crippen LogP contribution in [0, 0.1) is 0 Å². The van der Waals surface area contributed by atoms with Crippen molar-refractivity contribution >= 4 is 46.0 Å². The van der Waals surface area contributed by atoms with Gasteiger partial charge < -0.3 is 14.2 Å². The van der Waals surface area contributed by atoms with Gasteiger partial charge in [0.25, 0.3) is 5.91 Å². The number of carbonyl (C=O) groups is 1. The minimum atomic E-state index is -0.174. The molecule has 0 bridgehead atoms. The Morgan fingerprint density at radius 2 is 1.59 bits per heavy atom. The van der Waals surface area contributed by atoms with Crippen molar-refractivity contribution in [1.29, 1.82) is 0 Å². The number of ether oxygens (including phenoxy) is 3. The van der Waals surface area contributed by atoms with Crippen molar-refractivity contribution in [3.63, 3.8) is 0 Å². The van der Waals surface area contributed by atoms with E-state index in [1.165, 1.54) is 16.7 Å². The quantitative estimate of drug-likeness (QED) is 0.248. The van der Waals surface area contributed by atoms with Gasteiger partial charge >= 0.3 is 0 Å². The topological polar surface area (TPSA) is 48.0 Å². The molecule has 1 amide bonds. The summed E-state index contributed by atoms with van der Waals surface area (Å²) >= 11 is 6.74. The summed E-state index contributed by atoms with van der Waals surface area (Å²) in [6, 6.07) is 24.5. The Morgan fingerprint density at radius 3 is 2.38 bits per heavy atom. The van der Waals surface area contributed by atoms with Gasteiger partial charge in [-0.2, -0.15) is 0 Å². The van der Waals surface area contributed by atoms with E-state index in [0.29, 0.717) is 39.6 Å². The van der Waals surface area contributed by atoms with Crippen LogP contribution in [0.5, 0.6) is 17.2 Å². The van der Waals surface area contributed by atoms with E-state index in [0.717, 1.165) is 11.3 Å². The predicted molar refractivity (Wildman–Crippen MR) is 133 cm³/mol. The number of benzene rings is 3. The third-order valence-electron chi connectivity index (χ3n) is 4.64. The van der Waals surface area contributed by atoms with Gasteiger partial charge in [-0.05, 0) is 48.0 Å². The number of hydrogen-bond donors (Lipinski definition) is 0. The molecule has 0 radical (unpaired) electrons. The standard InChI is InChI=1S/C25H21NO4S2/c1-28-22-13-6-5-12-21(22)26-24(27)23(32-25(26)31)17-18-8-7-11-20(16-18)30-15-14-29-19-9-3-2-4-10-19/h2-13,16-17H,14-15H2,1H3. The smallest absolute Gasteiger partial charge is 0.270 e. The number of anilines is 1. The number of carbonyl (C=O) groups excluding carboxylic acids is 1. The van der Waals surface area contributed by atoms with Crippen LogP contribution in [-0.4, -0.2) is 30.6 Å². The van der Waals surface area contributed by atoms with E-state index in [4.69, 9.17) is 26.4 Å². The second kappa shape index (κ2) is 10.3. The van der Waals surface area contributed by atoms with Crippen LogP contribution in [-0.2, 0) is 4.79 Å². The molecule has 0 aliphatic carbocycles. The van der Waals surface area contributed by atoms with Crippen LogP contribution in [0.1, 0.15) is 5.56 Å². The molecule has 0 atom stereocenters. The molecule has 1 saturated heterocycles. The monoisotopic (exact) mass is 463 g/mol. The lowest BCUT2D eigenvalue weighted by molar-refractivity contribution is -0.113. The van der Waals surface area contributed by atoms with Crippen molar-refractivity contribution in [2.45, 2.75) is 0 Å². The maximum absolute atomic E-state index is 13.1. The van der Waals surface area contributed by atoms with Gasteiger partial charge in [-0.25, -0.2) is 0 Å². The van der Waals surface area contributed by atoms with Crippen LogP contribution in [0.15, 0.2) is 83.8 Å². The van der Waals surface area contributed by atoms with E-state index in [-0.39, 0.29) is 5.91 Å². The molecule has 32 heavy (non-hydrogen) atoms. The van der Waals surface area contributed by atoms with E-state index in [2.05, 4.69) is 0 Å². The second-order valence-corrected chi connectivity index (χ2v) is 8.45. The van der Waals surface area contributed by atoms with Crippen LogP contribution in [0.2, 0.25) is 0 Å². The van der Waals surface area contributed by atoms with Gasteiger partial charge in [-0.15, -0.1) is 0 Å². The Bertz CT molecular complexity index is 1150. The molecule has 3 aromatic carbocycles. The van der Waals surface area contributed by atoms with Gasteiger partial charge in [0.05, 0.1) is 17.7 Å². The van der Waals surface area contributed by atoms with Crippen molar-refractivity contribution in [1.82, 2.24) is 0 Å². The van der Waals surface area contributed by atoms with Crippen molar-refractivity contribution < 1.29 is 19.0 Å². The Hall–Kier alpha value is -3.29. The zero-order valence-corrected chi connectivity index (χ0v) is 19.0. The number of para-hydroxylation sites is 3. The van der Waals surface area contributed by atoms with Crippen LogP contribution in [0.3, 0.4) is 0 Å². The Morgan fingerprint density at radius 1 is 0.906 bits per heavy atom. The number of amides is 1. The van der Waals surface area contributed by atoms with E-state index < -0.39 is 0 Å². The SMILES string of the molecule is COc1ccccc1N1C(=O)C(=Cc2cccc(OCCOc3ccccc3)c2)SC1=S. The first-order valence-corrected chi connectivity index (χ1v) is 11.2. The number of methoxy groups -OCH3 is 1. The van der Waals surface area contributed by atoms with Crippen molar-refractivity contribution in [3.8, 4) is 17.2 Å². The number of thiocarbonyl (C=S) groups is 1. The maximum Gasteiger partial charge on any atom is 0.270 e. The fourth-order valence-electron chi connectivity index (χ4n) is 3.17. The van der Waals surface area contributed by atoms with Crippen LogP contribution < -0.4 is 19.1 Å². The lowest BCUT2D eigenvalue weighted by atomic mass is 10.2. The van der Waals surface area contributed by atoms with Gasteiger partial charge in [0.1, 0.15) is 30.5 Å². The first-order chi connectivity index (χ1) is 15.7. The fraction of sp³-hybridized carbons (Fsp3) is 0.120. The molecule has 1 aliphatic rings. The number of nitrogens with zero attached hydrogens (tertiary/aromatic N) is 1. The summed E-state index contributed by atoms with van der Waals surface area (Å²) in [5, 5.41) is 0. The van der Waals surface area contributed by atoms with E-state index in [1.54, 1.807) is 13.2 Å². The van der Waals surface area contributed by atoms with Gasteiger partial charge in [0.2, 0.25) is 0 Å². The lowest BCUT2D eigenvalue weighted by Crippen LogP contribution is -2.27. The molecule has 5 nitrogen and oxygen atoms in total. The third kappa shape index (κ3) is 5.12. The molecule has 4 rings (SSSR count). The first-order valence-electron chi connectivity index (χ1n) is 9.97. The summed E-state index contributed by atoms with van der Waals surface area (Å²) in [7, 11) is 1.57. The average molecular weight is 464 g/mol. The number of rotatable bonds is 8. The lowest BCUT2D eigenvalue weighted by Gasteiger charge is -2.17. The predicted octanol–water partition coefficient (Wildman–Crippen LogP) is 5.56. The minimum absolute atomic E-state index is 0.174. The van der Waals surface area contributed by atoms with Gasteiger partial charge in [-0.3, -0.25) is 9.69 Å². The fourth-order valence-corrected chi connectivity index (χ4v) is 4.46. The second-order valence-electron chi connectivity index (χ2n) is 6.77. The minimum Gasteiger partial charge on any atom is -0.495 e. The van der Waals surface area contributed by atoms with Gasteiger partial charge in [0, 0.05) is 0 Å². The molecule has 0 aromatic heterocycles. The summed E-state index contributed by atoms with van der Waals surface area (Å²) in [6.07, 6.45) is 1.82. The summed E-state index contributed by atoms with van der Waals surface area (Å²) in [4.78, 5) is 15.1. The van der Waals surface area contributed by atoms with Gasteiger partial charge in [0.15, 0.2) is 4.32 Å². The summed E-state index contributed by atoms with van der Waals surface area (Å²) < 4.78 is 17.3. The van der Waals surface area contributed by atoms with Crippen molar-refractivity contribution in [2.75, 3.05) is 25.2 Å². The molecule has 0 N–H and O–H groups in total. The highest BCUT2D eigenvalue weighted by Gasteiger charge is 2.34. The normalized spacial score (nSPS) is 14.7. The molecular weight excluding hydrogens is 442 g/mol. The van der Waals surface area contributed by atoms with Gasteiger partial charge in [-0.1, -0.05) is 66.4 Å². The van der Waals surface area contributed by atoms with Crippen LogP contribution in [0.25, 0.3) is 6.08 Å². The highest BCUT2D eigenvalue weighted by Crippen LogP contribution is 2.39. The maximum atomic E-state index is 13.1. The molecule has 3 aromatic rings. The van der Waals surface area contributed by atoms with Crippen molar-refractivity contribution in [3.05, 3.63) is 89.3 Å². The zero-order valence-electron chi connectivity index (χ0n) is 17.4. The Labute approximate surface area is 196 Å². The molecular formula is C25H21NO4S2. The Balaban J connectivity index is 1.42. The Kier molecular flexibility index (Phi) is 7.09. The molecule has 0 saturated carbocycles. The van der Waals surface area contributed by atoms with Crippen LogP contribution in [0.4, 0.5) is 5.69 Å². The summed E-state index contributed by atoms with van der Waals surface area (Å²) in [5.74, 6) is 1.93. The first kappa shape index (κ1) is 21.9. The summed E-state index contributed by atoms with van der Waals surface area (Å²) in [5.41, 5.74) is 1.49. The molecule has 0 spiro atoms. The average Bonchev–Trinajstić information content (AvgIpc) is 3.10. The zero-order chi connectivity index (χ0) is 22.3. The molecule has 162 valence electrons. The van der Waals surface area contributed by atoms with E-state index in [9.17, 15) is 4.79 Å². The number of thioether (sulfide) groups is 1. The largest absolute Gasteiger partial charge is 0.495 e. The number of hydrogen-bond acceptors (Lipinski definition) is 6.